The fourth-order valence-corrected chi connectivity index (χ4v) is 1.15. The molecule has 2 nitrogen and oxygen atoms in total. The van der Waals surface area contributed by atoms with E-state index < -0.39 is 0 Å². The summed E-state index contributed by atoms with van der Waals surface area (Å²) in [4.78, 5) is 0. The van der Waals surface area contributed by atoms with Crippen molar-refractivity contribution in [2.24, 2.45) is 0 Å². The molecular formula is C5H7NOS. The molecular weight excluding hydrogens is 122 g/mol. The summed E-state index contributed by atoms with van der Waals surface area (Å²) in [7, 11) is 0. The molecule has 1 unspecified atom stereocenters. The van der Waals surface area contributed by atoms with Gasteiger partial charge < -0.3 is 5.11 Å². The molecule has 0 radical (unpaired) electrons. The molecule has 0 saturated carbocycles. The van der Waals surface area contributed by atoms with Crippen molar-refractivity contribution in [2.45, 2.75) is 17.8 Å². The maximum atomic E-state index is 8.95. The van der Waals surface area contributed by atoms with Crippen molar-refractivity contribution in [1.29, 1.82) is 5.26 Å². The molecule has 3 heteroatoms. The van der Waals surface area contributed by atoms with Crippen molar-refractivity contribution in [3.8, 4) is 6.07 Å². The molecule has 0 spiro atoms. The van der Waals surface area contributed by atoms with Crippen LogP contribution in [-0.2, 0) is 0 Å². The lowest BCUT2D eigenvalue weighted by atomic mass is 10.2. The number of hydrogen-bond donors (Lipinski definition) is 1. The first-order valence-electron chi connectivity index (χ1n) is 2.51. The average molecular weight is 129 g/mol. The third-order valence-corrected chi connectivity index (χ3v) is 2.12. The number of rotatable bonds is 2. The van der Waals surface area contributed by atoms with Crippen LogP contribution in [0.15, 0.2) is 0 Å². The molecule has 0 aromatic carbocycles. The Bertz CT molecular complexity index is 116. The maximum Gasteiger partial charge on any atom is 0.0796 e. The predicted octanol–water partition coefficient (Wildman–Crippen LogP) is 0.376. The van der Waals surface area contributed by atoms with E-state index >= 15 is 0 Å². The van der Waals surface area contributed by atoms with Crippen LogP contribution in [-0.4, -0.2) is 22.2 Å². The minimum atomic E-state index is -0.370. The fraction of sp³-hybridized carbons (Fsp3) is 0.800. The van der Waals surface area contributed by atoms with Crippen molar-refractivity contribution in [3.63, 3.8) is 0 Å². The number of nitrogens with zero attached hydrogens (tertiary/aromatic N) is 1. The van der Waals surface area contributed by atoms with Gasteiger partial charge in [-0.25, -0.2) is 0 Å². The average Bonchev–Trinajstić information content (AvgIpc) is 2.45. The standard InChI is InChI=1S/C5H7NOS/c6-2-1-4(7)5-3-8-5/h4-5,7H,1,3H2/t4-,5?/m1/s1. The lowest BCUT2D eigenvalue weighted by molar-refractivity contribution is 0.189. The summed E-state index contributed by atoms with van der Waals surface area (Å²) in [5.41, 5.74) is 0. The normalized spacial score (nSPS) is 28.8. The Labute approximate surface area is 52.5 Å². The fourth-order valence-electron chi connectivity index (χ4n) is 0.503. The summed E-state index contributed by atoms with van der Waals surface area (Å²) >= 11 is 1.72. The van der Waals surface area contributed by atoms with Crippen LogP contribution >= 0.6 is 11.8 Å². The quantitative estimate of drug-likeness (QED) is 0.548. The van der Waals surface area contributed by atoms with Gasteiger partial charge in [-0.05, 0) is 0 Å². The van der Waals surface area contributed by atoms with E-state index in [0.29, 0.717) is 5.25 Å². The Hall–Kier alpha value is -0.200. The molecule has 0 aliphatic carbocycles. The lowest BCUT2D eigenvalue weighted by Gasteiger charge is -1.97. The second-order valence-corrected chi connectivity index (χ2v) is 3.07. The van der Waals surface area contributed by atoms with Gasteiger partial charge in [-0.1, -0.05) is 0 Å². The third-order valence-electron chi connectivity index (χ3n) is 1.09. The van der Waals surface area contributed by atoms with Gasteiger partial charge in [0.25, 0.3) is 0 Å². The van der Waals surface area contributed by atoms with Gasteiger partial charge in [-0.3, -0.25) is 0 Å². The molecule has 0 aromatic heterocycles. The predicted molar refractivity (Wildman–Crippen MR) is 32.5 cm³/mol. The molecule has 0 bridgehead atoms. The first-order chi connectivity index (χ1) is 3.84. The molecule has 1 aliphatic rings. The smallest absolute Gasteiger partial charge is 0.0796 e. The number of thioether (sulfide) groups is 1. The highest BCUT2D eigenvalue weighted by molar-refractivity contribution is 8.06. The monoisotopic (exact) mass is 129 g/mol. The van der Waals surface area contributed by atoms with E-state index in [1.807, 2.05) is 6.07 Å². The van der Waals surface area contributed by atoms with E-state index in [1.54, 1.807) is 11.8 Å². The van der Waals surface area contributed by atoms with Gasteiger partial charge in [0.05, 0.1) is 18.6 Å². The van der Waals surface area contributed by atoms with Gasteiger partial charge in [0.2, 0.25) is 0 Å². The van der Waals surface area contributed by atoms with Gasteiger partial charge in [-0.15, -0.1) is 0 Å². The summed E-state index contributed by atoms with van der Waals surface area (Å²) in [6.45, 7) is 0. The van der Waals surface area contributed by atoms with Crippen LogP contribution < -0.4 is 0 Å². The number of aliphatic hydroxyl groups is 1. The topological polar surface area (TPSA) is 44.0 Å². The lowest BCUT2D eigenvalue weighted by Crippen LogP contribution is -2.11. The van der Waals surface area contributed by atoms with Crippen molar-refractivity contribution >= 4 is 11.8 Å². The largest absolute Gasteiger partial charge is 0.391 e. The minimum absolute atomic E-state index is 0.289. The van der Waals surface area contributed by atoms with Crippen LogP contribution in [0.3, 0.4) is 0 Å². The zero-order valence-corrected chi connectivity index (χ0v) is 5.19. The van der Waals surface area contributed by atoms with Crippen molar-refractivity contribution in [3.05, 3.63) is 0 Å². The molecule has 1 rings (SSSR count). The molecule has 1 N–H and O–H groups in total. The van der Waals surface area contributed by atoms with Gasteiger partial charge in [-0.2, -0.15) is 17.0 Å². The van der Waals surface area contributed by atoms with Crippen molar-refractivity contribution in [2.75, 3.05) is 5.75 Å². The zero-order valence-electron chi connectivity index (χ0n) is 4.37. The number of nitriles is 1. The molecule has 1 heterocycles. The molecule has 1 saturated heterocycles. The number of hydrogen-bond acceptors (Lipinski definition) is 3. The highest BCUT2D eigenvalue weighted by atomic mass is 32.2. The Balaban J connectivity index is 2.15. The molecule has 1 aliphatic heterocycles. The highest BCUT2D eigenvalue weighted by Gasteiger charge is 2.30. The zero-order chi connectivity index (χ0) is 5.98. The van der Waals surface area contributed by atoms with Gasteiger partial charge >= 0.3 is 0 Å². The molecule has 0 aromatic rings. The third kappa shape index (κ3) is 1.39. The van der Waals surface area contributed by atoms with Crippen LogP contribution in [0.4, 0.5) is 0 Å². The Morgan fingerprint density at radius 3 is 3.00 bits per heavy atom. The molecule has 44 valence electrons. The first kappa shape index (κ1) is 5.93. The van der Waals surface area contributed by atoms with Crippen LogP contribution in [0, 0.1) is 11.3 Å². The van der Waals surface area contributed by atoms with Crippen LogP contribution in [0.2, 0.25) is 0 Å². The van der Waals surface area contributed by atoms with Gasteiger partial charge in [0, 0.05) is 11.0 Å². The van der Waals surface area contributed by atoms with Crippen LogP contribution in [0.5, 0.6) is 0 Å². The van der Waals surface area contributed by atoms with E-state index in [1.165, 1.54) is 0 Å². The number of aliphatic hydroxyl groups excluding tert-OH is 1. The van der Waals surface area contributed by atoms with E-state index in [4.69, 9.17) is 10.4 Å². The van der Waals surface area contributed by atoms with E-state index in [9.17, 15) is 0 Å². The first-order valence-corrected chi connectivity index (χ1v) is 3.56. The molecule has 8 heavy (non-hydrogen) atoms. The van der Waals surface area contributed by atoms with E-state index in [-0.39, 0.29) is 12.5 Å². The van der Waals surface area contributed by atoms with E-state index in [0.717, 1.165) is 5.75 Å². The summed E-state index contributed by atoms with van der Waals surface area (Å²) in [6.07, 6.45) is -0.0810. The Kier molecular flexibility index (Phi) is 1.77. The highest BCUT2D eigenvalue weighted by Crippen LogP contribution is 2.33. The molecule has 2 atom stereocenters. The Morgan fingerprint density at radius 2 is 2.62 bits per heavy atom. The van der Waals surface area contributed by atoms with E-state index in [2.05, 4.69) is 0 Å². The molecule has 1 fully saturated rings. The SMILES string of the molecule is N#CC[C@@H](O)C1CS1. The van der Waals surface area contributed by atoms with Gasteiger partial charge in [0.15, 0.2) is 0 Å². The van der Waals surface area contributed by atoms with Gasteiger partial charge in [0.1, 0.15) is 0 Å². The summed E-state index contributed by atoms with van der Waals surface area (Å²) in [6, 6.07) is 1.93. The summed E-state index contributed by atoms with van der Waals surface area (Å²) < 4.78 is 0. The van der Waals surface area contributed by atoms with Crippen LogP contribution in [0.1, 0.15) is 6.42 Å². The van der Waals surface area contributed by atoms with Crippen molar-refractivity contribution < 1.29 is 5.11 Å². The second-order valence-electron chi connectivity index (χ2n) is 1.80. The van der Waals surface area contributed by atoms with Crippen LogP contribution in [0.25, 0.3) is 0 Å². The maximum absolute atomic E-state index is 8.95. The van der Waals surface area contributed by atoms with Crippen molar-refractivity contribution in [1.82, 2.24) is 0 Å². The molecule has 0 amide bonds. The Morgan fingerprint density at radius 1 is 2.00 bits per heavy atom. The summed E-state index contributed by atoms with van der Waals surface area (Å²) in [5, 5.41) is 17.4. The second kappa shape index (κ2) is 2.38. The summed E-state index contributed by atoms with van der Waals surface area (Å²) in [5.74, 6) is 1.03. The minimum Gasteiger partial charge on any atom is -0.391 e.